The fourth-order valence-corrected chi connectivity index (χ4v) is 2.61. The van der Waals surface area contributed by atoms with Crippen LogP contribution in [0.4, 0.5) is 8.78 Å². The molecule has 0 aliphatic rings. The fraction of sp³-hybridized carbons (Fsp3) is 0.200. The van der Waals surface area contributed by atoms with Gasteiger partial charge in [-0.05, 0) is 47.5 Å². The summed E-state index contributed by atoms with van der Waals surface area (Å²) in [5.41, 5.74) is 1.07. The summed E-state index contributed by atoms with van der Waals surface area (Å²) < 4.78 is 29.8. The van der Waals surface area contributed by atoms with Gasteiger partial charge < -0.3 is 5.11 Å². The van der Waals surface area contributed by atoms with E-state index in [1.807, 2.05) is 0 Å². The summed E-state index contributed by atoms with van der Waals surface area (Å²) in [6, 6.07) is 7.44. The van der Waals surface area contributed by atoms with Crippen molar-refractivity contribution < 1.29 is 13.9 Å². The standard InChI is InChI=1S/C15H14F2N6OS/c16-11-2-3-12(18-8-11)9-23-21-15(20-22-23)10-1-4-14(13(17)7-10)25-19-5-6-24/h1-4,7-8,19,24H,5-6,9H2. The van der Waals surface area contributed by atoms with Crippen LogP contribution in [0.2, 0.25) is 0 Å². The zero-order valence-corrected chi connectivity index (χ0v) is 13.7. The highest BCUT2D eigenvalue weighted by Crippen LogP contribution is 2.23. The molecule has 0 amide bonds. The van der Waals surface area contributed by atoms with Gasteiger partial charge in [0, 0.05) is 12.1 Å². The van der Waals surface area contributed by atoms with Crippen LogP contribution >= 0.6 is 11.9 Å². The Labute approximate surface area is 146 Å². The van der Waals surface area contributed by atoms with Gasteiger partial charge in [-0.25, -0.2) is 8.78 Å². The number of halogens is 2. The van der Waals surface area contributed by atoms with E-state index in [4.69, 9.17) is 5.11 Å². The highest BCUT2D eigenvalue weighted by atomic mass is 32.2. The maximum Gasteiger partial charge on any atom is 0.205 e. The van der Waals surface area contributed by atoms with Crippen molar-refractivity contribution in [3.05, 3.63) is 53.9 Å². The summed E-state index contributed by atoms with van der Waals surface area (Å²) in [4.78, 5) is 5.63. The van der Waals surface area contributed by atoms with Crippen molar-refractivity contribution in [2.45, 2.75) is 11.4 Å². The van der Waals surface area contributed by atoms with E-state index in [9.17, 15) is 8.78 Å². The summed E-state index contributed by atoms with van der Waals surface area (Å²) >= 11 is 1.10. The van der Waals surface area contributed by atoms with Gasteiger partial charge in [0.25, 0.3) is 0 Å². The van der Waals surface area contributed by atoms with Gasteiger partial charge in [-0.3, -0.25) is 9.71 Å². The van der Waals surface area contributed by atoms with Crippen LogP contribution < -0.4 is 4.72 Å². The number of tetrazole rings is 1. The molecule has 0 unspecified atom stereocenters. The predicted octanol–water partition coefficient (Wildman–Crippen LogP) is 1.65. The third-order valence-electron chi connectivity index (χ3n) is 3.13. The summed E-state index contributed by atoms with van der Waals surface area (Å²) in [5.74, 6) is -0.566. The van der Waals surface area contributed by atoms with Crippen molar-refractivity contribution in [3.8, 4) is 11.4 Å². The monoisotopic (exact) mass is 364 g/mol. The van der Waals surface area contributed by atoms with E-state index < -0.39 is 11.6 Å². The van der Waals surface area contributed by atoms with Crippen LogP contribution in [0, 0.1) is 11.6 Å². The lowest BCUT2D eigenvalue weighted by molar-refractivity contribution is 0.302. The minimum atomic E-state index is -0.426. The molecule has 1 aromatic carbocycles. The number of aliphatic hydroxyl groups excluding tert-OH is 1. The maximum atomic E-state index is 14.1. The molecule has 0 bridgehead atoms. The average Bonchev–Trinajstić information content (AvgIpc) is 3.07. The molecule has 2 heterocycles. The number of nitrogens with one attached hydrogen (secondary N) is 1. The van der Waals surface area contributed by atoms with Crippen LogP contribution in [0.25, 0.3) is 11.4 Å². The number of aromatic nitrogens is 5. The lowest BCUT2D eigenvalue weighted by Gasteiger charge is -2.04. The molecule has 25 heavy (non-hydrogen) atoms. The third kappa shape index (κ3) is 4.56. The largest absolute Gasteiger partial charge is 0.395 e. The van der Waals surface area contributed by atoms with E-state index in [2.05, 4.69) is 25.1 Å². The smallest absolute Gasteiger partial charge is 0.205 e. The molecule has 7 nitrogen and oxygen atoms in total. The van der Waals surface area contributed by atoms with E-state index in [0.29, 0.717) is 22.7 Å². The van der Waals surface area contributed by atoms with Gasteiger partial charge in [0.2, 0.25) is 5.82 Å². The molecule has 0 saturated heterocycles. The zero-order valence-electron chi connectivity index (χ0n) is 12.9. The van der Waals surface area contributed by atoms with Crippen molar-refractivity contribution in [3.63, 3.8) is 0 Å². The molecular weight excluding hydrogens is 350 g/mol. The summed E-state index contributed by atoms with van der Waals surface area (Å²) in [5, 5.41) is 20.7. The van der Waals surface area contributed by atoms with Gasteiger partial charge in [-0.15, -0.1) is 10.2 Å². The molecule has 0 saturated carbocycles. The second-order valence-electron chi connectivity index (χ2n) is 4.98. The maximum absolute atomic E-state index is 14.1. The van der Waals surface area contributed by atoms with Gasteiger partial charge in [0.1, 0.15) is 18.2 Å². The van der Waals surface area contributed by atoms with Crippen molar-refractivity contribution in [1.29, 1.82) is 0 Å². The molecule has 3 aromatic rings. The lowest BCUT2D eigenvalue weighted by Crippen LogP contribution is -2.09. The number of benzene rings is 1. The van der Waals surface area contributed by atoms with Crippen LogP contribution in [0.15, 0.2) is 41.4 Å². The number of hydrogen-bond donors (Lipinski definition) is 2. The van der Waals surface area contributed by atoms with Crippen LogP contribution in [0.1, 0.15) is 5.69 Å². The van der Waals surface area contributed by atoms with Crippen LogP contribution in [-0.2, 0) is 6.54 Å². The lowest BCUT2D eigenvalue weighted by atomic mass is 10.2. The first kappa shape index (κ1) is 17.4. The first-order valence-electron chi connectivity index (χ1n) is 7.34. The molecule has 130 valence electrons. The third-order valence-corrected chi connectivity index (χ3v) is 4.03. The molecule has 0 fully saturated rings. The molecule has 0 radical (unpaired) electrons. The van der Waals surface area contributed by atoms with Crippen LogP contribution in [0.5, 0.6) is 0 Å². The number of pyridine rings is 1. The number of nitrogens with zero attached hydrogens (tertiary/aromatic N) is 5. The van der Waals surface area contributed by atoms with E-state index in [-0.39, 0.29) is 19.0 Å². The molecule has 3 rings (SSSR count). The molecule has 0 aliphatic heterocycles. The van der Waals surface area contributed by atoms with Gasteiger partial charge in [-0.2, -0.15) is 4.80 Å². The molecule has 2 aromatic heterocycles. The van der Waals surface area contributed by atoms with E-state index in [1.54, 1.807) is 12.1 Å². The molecular formula is C15H14F2N6OS. The summed E-state index contributed by atoms with van der Waals surface area (Å²) in [7, 11) is 0. The van der Waals surface area contributed by atoms with Gasteiger partial charge >= 0.3 is 0 Å². The molecule has 2 N–H and O–H groups in total. The number of hydrogen-bond acceptors (Lipinski definition) is 7. The predicted molar refractivity (Wildman–Crippen MR) is 87.5 cm³/mol. The van der Waals surface area contributed by atoms with Gasteiger partial charge in [0.05, 0.1) is 23.4 Å². The topological polar surface area (TPSA) is 88.8 Å². The Hall–Kier alpha value is -2.43. The molecule has 0 aliphatic carbocycles. The van der Waals surface area contributed by atoms with Gasteiger partial charge in [-0.1, -0.05) is 0 Å². The summed E-state index contributed by atoms with van der Waals surface area (Å²) in [6.07, 6.45) is 1.11. The van der Waals surface area contributed by atoms with E-state index in [0.717, 1.165) is 18.1 Å². The Bertz CT molecular complexity index is 842. The number of aliphatic hydroxyl groups is 1. The minimum absolute atomic E-state index is 0.0252. The van der Waals surface area contributed by atoms with E-state index >= 15 is 0 Å². The first-order chi connectivity index (χ1) is 12.2. The Morgan fingerprint density at radius 1 is 1.20 bits per heavy atom. The van der Waals surface area contributed by atoms with Crippen LogP contribution in [0.3, 0.4) is 0 Å². The Kier molecular flexibility index (Phi) is 5.64. The second-order valence-corrected chi connectivity index (χ2v) is 5.91. The quantitative estimate of drug-likeness (QED) is 0.487. The van der Waals surface area contributed by atoms with Crippen molar-refractivity contribution in [1.82, 2.24) is 29.9 Å². The Morgan fingerprint density at radius 3 is 2.80 bits per heavy atom. The highest BCUT2D eigenvalue weighted by Gasteiger charge is 2.11. The summed E-state index contributed by atoms with van der Waals surface area (Å²) in [6.45, 7) is 0.566. The normalized spacial score (nSPS) is 11.0. The van der Waals surface area contributed by atoms with Crippen molar-refractivity contribution in [2.75, 3.05) is 13.2 Å². The average molecular weight is 364 g/mol. The fourth-order valence-electron chi connectivity index (χ4n) is 1.97. The number of rotatable bonds is 7. The van der Waals surface area contributed by atoms with E-state index in [1.165, 1.54) is 23.0 Å². The first-order valence-corrected chi connectivity index (χ1v) is 8.16. The second kappa shape index (κ2) is 8.10. The minimum Gasteiger partial charge on any atom is -0.395 e. The Morgan fingerprint density at radius 2 is 2.08 bits per heavy atom. The van der Waals surface area contributed by atoms with Gasteiger partial charge in [0.15, 0.2) is 0 Å². The zero-order chi connectivity index (χ0) is 17.6. The molecule has 0 spiro atoms. The SMILES string of the molecule is OCCNSc1ccc(-c2nnn(Cc3ccc(F)cn3)n2)cc1F. The Balaban J connectivity index is 1.71. The molecule has 10 heteroatoms. The molecule has 0 atom stereocenters. The van der Waals surface area contributed by atoms with Crippen molar-refractivity contribution in [2.24, 2.45) is 0 Å². The van der Waals surface area contributed by atoms with Crippen LogP contribution in [-0.4, -0.2) is 43.4 Å². The highest BCUT2D eigenvalue weighted by molar-refractivity contribution is 7.97. The van der Waals surface area contributed by atoms with Crippen molar-refractivity contribution >= 4 is 11.9 Å².